The van der Waals surface area contributed by atoms with Crippen LogP contribution in [0.25, 0.3) is 0 Å². The number of benzene rings is 3. The van der Waals surface area contributed by atoms with Gasteiger partial charge in [-0.25, -0.2) is 12.8 Å². The summed E-state index contributed by atoms with van der Waals surface area (Å²) in [5.74, 6) is -1.45. The second-order valence-electron chi connectivity index (χ2n) is 7.25. The molecule has 0 heterocycles. The number of sulfonamides is 1. The largest absolute Gasteiger partial charge is 0.493 e. The zero-order chi connectivity index (χ0) is 26.7. The Morgan fingerprint density at radius 3 is 2.31 bits per heavy atom. The van der Waals surface area contributed by atoms with Gasteiger partial charge < -0.3 is 14.8 Å². The number of hydrogen-bond acceptors (Lipinski definition) is 5. The Bertz CT molecular complexity index is 1380. The molecule has 192 valence electrons. The van der Waals surface area contributed by atoms with E-state index in [9.17, 15) is 30.8 Å². The highest BCUT2D eigenvalue weighted by Gasteiger charge is 2.31. The molecule has 3 aromatic rings. The smallest absolute Gasteiger partial charge is 0.416 e. The maximum absolute atomic E-state index is 13.7. The molecule has 13 heteroatoms. The van der Waals surface area contributed by atoms with Gasteiger partial charge in [-0.3, -0.25) is 9.10 Å². The Morgan fingerprint density at radius 1 is 1.00 bits per heavy atom. The predicted molar refractivity (Wildman–Crippen MR) is 126 cm³/mol. The van der Waals surface area contributed by atoms with Crippen molar-refractivity contribution in [3.05, 3.63) is 77.1 Å². The van der Waals surface area contributed by atoms with E-state index in [1.165, 1.54) is 32.4 Å². The first-order chi connectivity index (χ1) is 16.9. The fraction of sp³-hybridized carbons (Fsp3) is 0.174. The lowest BCUT2D eigenvalue weighted by Gasteiger charge is -2.25. The molecule has 0 aliphatic heterocycles. The lowest BCUT2D eigenvalue weighted by Crippen LogP contribution is -2.38. The number of ether oxygens (including phenoxy) is 2. The number of nitrogens with zero attached hydrogens (tertiary/aromatic N) is 1. The quantitative estimate of drug-likeness (QED) is 0.385. The summed E-state index contributed by atoms with van der Waals surface area (Å²) in [5, 5.41) is 1.84. The minimum absolute atomic E-state index is 0.0871. The summed E-state index contributed by atoms with van der Waals surface area (Å²) < 4.78 is 90.7. The SMILES string of the molecule is COc1ccc(S(=O)(=O)N(CC(=O)Nc2cccc(C(F)(F)F)c2)c2ccc(F)c(Cl)c2)cc1OC. The summed E-state index contributed by atoms with van der Waals surface area (Å²) in [7, 11) is -1.83. The van der Waals surface area contributed by atoms with Crippen LogP contribution >= 0.6 is 11.6 Å². The van der Waals surface area contributed by atoms with Crippen molar-refractivity contribution in [3.63, 3.8) is 0 Å². The van der Waals surface area contributed by atoms with Crippen LogP contribution in [0.2, 0.25) is 5.02 Å². The van der Waals surface area contributed by atoms with Crippen molar-refractivity contribution in [2.75, 3.05) is 30.4 Å². The van der Waals surface area contributed by atoms with Gasteiger partial charge in [0.2, 0.25) is 5.91 Å². The van der Waals surface area contributed by atoms with Crippen molar-refractivity contribution in [1.82, 2.24) is 0 Å². The highest BCUT2D eigenvalue weighted by Crippen LogP contribution is 2.34. The maximum Gasteiger partial charge on any atom is 0.416 e. The number of carbonyl (C=O) groups excluding carboxylic acids is 1. The van der Waals surface area contributed by atoms with Gasteiger partial charge in [-0.05, 0) is 48.5 Å². The van der Waals surface area contributed by atoms with Crippen molar-refractivity contribution in [2.45, 2.75) is 11.1 Å². The summed E-state index contributed by atoms with van der Waals surface area (Å²) >= 11 is 5.83. The van der Waals surface area contributed by atoms with Crippen LogP contribution in [0, 0.1) is 5.82 Å². The van der Waals surface area contributed by atoms with Crippen LogP contribution in [0.15, 0.2) is 65.6 Å². The Morgan fingerprint density at radius 2 is 1.69 bits per heavy atom. The van der Waals surface area contributed by atoms with E-state index in [0.717, 1.165) is 36.4 Å². The molecule has 0 saturated heterocycles. The van der Waals surface area contributed by atoms with E-state index in [1.54, 1.807) is 0 Å². The normalized spacial score (nSPS) is 11.6. The van der Waals surface area contributed by atoms with Gasteiger partial charge in [-0.15, -0.1) is 0 Å². The van der Waals surface area contributed by atoms with E-state index >= 15 is 0 Å². The van der Waals surface area contributed by atoms with E-state index in [2.05, 4.69) is 5.32 Å². The molecule has 0 spiro atoms. The molecule has 0 unspecified atom stereocenters. The van der Waals surface area contributed by atoms with E-state index in [-0.39, 0.29) is 27.8 Å². The van der Waals surface area contributed by atoms with E-state index in [4.69, 9.17) is 21.1 Å². The fourth-order valence-electron chi connectivity index (χ4n) is 3.16. The third-order valence-electron chi connectivity index (χ3n) is 4.90. The molecule has 7 nitrogen and oxygen atoms in total. The van der Waals surface area contributed by atoms with Gasteiger partial charge in [0.05, 0.1) is 35.4 Å². The van der Waals surface area contributed by atoms with E-state index in [1.807, 2.05) is 0 Å². The highest BCUT2D eigenvalue weighted by atomic mass is 35.5. The number of amides is 1. The van der Waals surface area contributed by atoms with Crippen molar-refractivity contribution < 1.29 is 40.2 Å². The van der Waals surface area contributed by atoms with Crippen LogP contribution in [-0.4, -0.2) is 35.1 Å². The molecule has 1 amide bonds. The van der Waals surface area contributed by atoms with Gasteiger partial charge in [0.1, 0.15) is 12.4 Å². The molecular weight excluding hydrogens is 528 g/mol. The van der Waals surface area contributed by atoms with Crippen LogP contribution in [-0.2, 0) is 21.0 Å². The lowest BCUT2D eigenvalue weighted by molar-refractivity contribution is -0.137. The first kappa shape index (κ1) is 27.1. The molecule has 1 N–H and O–H groups in total. The Hall–Kier alpha value is -3.51. The Labute approximate surface area is 209 Å². The summed E-state index contributed by atoms with van der Waals surface area (Å²) in [6.45, 7) is -0.866. The van der Waals surface area contributed by atoms with E-state index in [0.29, 0.717) is 10.4 Å². The molecule has 0 aromatic heterocycles. The third-order valence-corrected chi connectivity index (χ3v) is 6.95. The third kappa shape index (κ3) is 6.00. The minimum atomic E-state index is -4.64. The number of methoxy groups -OCH3 is 2. The zero-order valence-electron chi connectivity index (χ0n) is 18.8. The molecule has 3 rings (SSSR count). The Kier molecular flexibility index (Phi) is 7.99. The summed E-state index contributed by atoms with van der Waals surface area (Å²) in [5.41, 5.74) is -1.36. The number of nitrogens with one attached hydrogen (secondary N) is 1. The Balaban J connectivity index is 2.00. The van der Waals surface area contributed by atoms with Crippen LogP contribution in [0.3, 0.4) is 0 Å². The van der Waals surface area contributed by atoms with Crippen molar-refractivity contribution >= 4 is 38.9 Å². The van der Waals surface area contributed by atoms with Crippen LogP contribution < -0.4 is 19.1 Å². The molecule has 3 aromatic carbocycles. The first-order valence-electron chi connectivity index (χ1n) is 10.0. The van der Waals surface area contributed by atoms with Crippen LogP contribution in [0.5, 0.6) is 11.5 Å². The van der Waals surface area contributed by atoms with Crippen molar-refractivity contribution in [2.24, 2.45) is 0 Å². The number of carbonyl (C=O) groups is 1. The molecular formula is C23H19ClF4N2O5S. The summed E-state index contributed by atoms with van der Waals surface area (Å²) in [4.78, 5) is 12.5. The van der Waals surface area contributed by atoms with Gasteiger partial charge in [-0.1, -0.05) is 17.7 Å². The van der Waals surface area contributed by atoms with Crippen LogP contribution in [0.1, 0.15) is 5.56 Å². The molecule has 0 aliphatic rings. The van der Waals surface area contributed by atoms with Gasteiger partial charge in [0.15, 0.2) is 11.5 Å². The molecule has 0 radical (unpaired) electrons. The average molecular weight is 547 g/mol. The molecule has 0 fully saturated rings. The molecule has 0 saturated carbocycles. The topological polar surface area (TPSA) is 84.9 Å². The second kappa shape index (κ2) is 10.6. The first-order valence-corrected chi connectivity index (χ1v) is 11.9. The predicted octanol–water partition coefficient (Wildman–Crippen LogP) is 5.35. The molecule has 36 heavy (non-hydrogen) atoms. The zero-order valence-corrected chi connectivity index (χ0v) is 20.3. The number of hydrogen-bond donors (Lipinski definition) is 1. The van der Waals surface area contributed by atoms with Crippen LogP contribution in [0.4, 0.5) is 28.9 Å². The number of alkyl halides is 3. The fourth-order valence-corrected chi connectivity index (χ4v) is 4.77. The lowest BCUT2D eigenvalue weighted by atomic mass is 10.2. The molecule has 0 aliphatic carbocycles. The summed E-state index contributed by atoms with van der Waals surface area (Å²) in [6.07, 6.45) is -4.64. The highest BCUT2D eigenvalue weighted by molar-refractivity contribution is 7.92. The van der Waals surface area contributed by atoms with E-state index < -0.39 is 45.1 Å². The van der Waals surface area contributed by atoms with Gasteiger partial charge in [0, 0.05) is 11.8 Å². The summed E-state index contributed by atoms with van der Waals surface area (Å²) in [6, 6.07) is 10.6. The number of anilines is 2. The molecule has 0 atom stereocenters. The number of halogens is 5. The van der Waals surface area contributed by atoms with Gasteiger partial charge in [0.25, 0.3) is 10.0 Å². The average Bonchev–Trinajstić information content (AvgIpc) is 2.83. The number of rotatable bonds is 8. The van der Waals surface area contributed by atoms with Crippen molar-refractivity contribution in [3.8, 4) is 11.5 Å². The maximum atomic E-state index is 13.7. The van der Waals surface area contributed by atoms with Gasteiger partial charge >= 0.3 is 6.18 Å². The van der Waals surface area contributed by atoms with Crippen molar-refractivity contribution in [1.29, 1.82) is 0 Å². The monoisotopic (exact) mass is 546 g/mol. The molecule has 0 bridgehead atoms. The second-order valence-corrected chi connectivity index (χ2v) is 9.52. The van der Waals surface area contributed by atoms with Gasteiger partial charge in [-0.2, -0.15) is 13.2 Å². The standard InChI is InChI=1S/C23H19ClF4N2O5S/c1-34-20-9-7-17(12-21(20)35-2)36(32,33)30(16-6-8-19(25)18(24)11-16)13-22(31)29-15-5-3-4-14(10-15)23(26,27)28/h3-12H,13H2,1-2H3,(H,29,31). The minimum Gasteiger partial charge on any atom is -0.493 e.